The summed E-state index contributed by atoms with van der Waals surface area (Å²) >= 11 is 0. The number of rotatable bonds is 3. The van der Waals surface area contributed by atoms with Crippen molar-refractivity contribution in [1.29, 1.82) is 0 Å². The zero-order valence-electron chi connectivity index (χ0n) is 13.3. The number of para-hydroxylation sites is 1. The second kappa shape index (κ2) is 6.94. The minimum absolute atomic E-state index is 0.103. The molecule has 0 bridgehead atoms. The topological polar surface area (TPSA) is 53.2 Å². The number of nitrogens with one attached hydrogen (secondary N) is 3. The average molecular weight is 289 g/mol. The van der Waals surface area contributed by atoms with E-state index in [-0.39, 0.29) is 17.6 Å². The molecule has 0 saturated heterocycles. The van der Waals surface area contributed by atoms with Crippen LogP contribution in [-0.2, 0) is 0 Å². The quantitative estimate of drug-likeness (QED) is 0.797. The second-order valence-corrected chi connectivity index (χ2v) is 6.91. The lowest BCUT2D eigenvalue weighted by Gasteiger charge is -2.34. The third-order valence-corrected chi connectivity index (χ3v) is 3.73. The maximum absolute atomic E-state index is 12.0. The Morgan fingerprint density at radius 3 is 2.14 bits per heavy atom. The van der Waals surface area contributed by atoms with E-state index in [9.17, 15) is 4.79 Å². The third kappa shape index (κ3) is 5.76. The zero-order chi connectivity index (χ0) is 15.3. The first kappa shape index (κ1) is 15.8. The molecule has 4 nitrogen and oxygen atoms in total. The van der Waals surface area contributed by atoms with Gasteiger partial charge in [-0.1, -0.05) is 18.2 Å². The standard InChI is InChI=1S/C17H27N3O/c1-17(2,3)20-15-11-9-14(10-12-15)19-16(21)18-13-7-5-4-6-8-13/h4-8,14-15,20H,9-12H2,1-3H3,(H2,18,19,21). The normalized spacial score (nSPS) is 22.6. The van der Waals surface area contributed by atoms with Crippen LogP contribution in [0.5, 0.6) is 0 Å². The lowest BCUT2D eigenvalue weighted by molar-refractivity contribution is 0.234. The molecule has 0 spiro atoms. The van der Waals surface area contributed by atoms with Crippen LogP contribution in [0.3, 0.4) is 0 Å². The molecule has 0 aliphatic heterocycles. The van der Waals surface area contributed by atoms with Crippen molar-refractivity contribution in [3.8, 4) is 0 Å². The van der Waals surface area contributed by atoms with Crippen LogP contribution in [0, 0.1) is 0 Å². The number of carbonyl (C=O) groups excluding carboxylic acids is 1. The maximum atomic E-state index is 12.0. The Hall–Kier alpha value is -1.55. The van der Waals surface area contributed by atoms with Gasteiger partial charge in [-0.2, -0.15) is 0 Å². The fourth-order valence-corrected chi connectivity index (χ4v) is 2.87. The van der Waals surface area contributed by atoms with Gasteiger partial charge >= 0.3 is 6.03 Å². The van der Waals surface area contributed by atoms with E-state index in [2.05, 4.69) is 36.7 Å². The summed E-state index contributed by atoms with van der Waals surface area (Å²) in [5, 5.41) is 9.59. The van der Waals surface area contributed by atoms with Crippen LogP contribution in [-0.4, -0.2) is 23.7 Å². The Bertz CT molecular complexity index is 445. The highest BCUT2D eigenvalue weighted by Gasteiger charge is 2.25. The van der Waals surface area contributed by atoms with Crippen molar-refractivity contribution in [1.82, 2.24) is 10.6 Å². The first-order chi connectivity index (χ1) is 9.92. The predicted octanol–water partition coefficient (Wildman–Crippen LogP) is 3.51. The van der Waals surface area contributed by atoms with Crippen molar-refractivity contribution in [3.63, 3.8) is 0 Å². The smallest absolute Gasteiger partial charge is 0.319 e. The van der Waals surface area contributed by atoms with Gasteiger partial charge < -0.3 is 16.0 Å². The molecular formula is C17H27N3O. The Morgan fingerprint density at radius 2 is 1.57 bits per heavy atom. The molecule has 1 fully saturated rings. The molecule has 3 N–H and O–H groups in total. The molecule has 1 aliphatic carbocycles. The highest BCUT2D eigenvalue weighted by atomic mass is 16.2. The minimum Gasteiger partial charge on any atom is -0.335 e. The highest BCUT2D eigenvalue weighted by Crippen LogP contribution is 2.20. The molecule has 0 aromatic heterocycles. The van der Waals surface area contributed by atoms with E-state index in [1.54, 1.807) is 0 Å². The molecular weight excluding hydrogens is 262 g/mol. The van der Waals surface area contributed by atoms with Gasteiger partial charge in [0.05, 0.1) is 0 Å². The molecule has 1 aliphatic rings. The van der Waals surface area contributed by atoms with Gasteiger partial charge in [0.2, 0.25) is 0 Å². The lowest BCUT2D eigenvalue weighted by Crippen LogP contribution is -2.48. The number of amides is 2. The second-order valence-electron chi connectivity index (χ2n) is 6.91. The van der Waals surface area contributed by atoms with Gasteiger partial charge in [-0.05, 0) is 58.6 Å². The molecule has 1 aromatic carbocycles. The molecule has 116 valence electrons. The molecule has 1 saturated carbocycles. The van der Waals surface area contributed by atoms with Crippen LogP contribution in [0.25, 0.3) is 0 Å². The fraction of sp³-hybridized carbons (Fsp3) is 0.588. The van der Waals surface area contributed by atoms with Crippen LogP contribution >= 0.6 is 0 Å². The Morgan fingerprint density at radius 1 is 1.00 bits per heavy atom. The van der Waals surface area contributed by atoms with Gasteiger partial charge in [0, 0.05) is 23.3 Å². The van der Waals surface area contributed by atoms with Gasteiger partial charge in [0.15, 0.2) is 0 Å². The van der Waals surface area contributed by atoms with E-state index in [1.807, 2.05) is 30.3 Å². The largest absolute Gasteiger partial charge is 0.335 e. The molecule has 0 atom stereocenters. The molecule has 4 heteroatoms. The monoisotopic (exact) mass is 289 g/mol. The van der Waals surface area contributed by atoms with E-state index in [0.29, 0.717) is 6.04 Å². The van der Waals surface area contributed by atoms with Crippen LogP contribution in [0.2, 0.25) is 0 Å². The van der Waals surface area contributed by atoms with E-state index in [1.165, 1.54) is 0 Å². The maximum Gasteiger partial charge on any atom is 0.319 e. The average Bonchev–Trinajstić information content (AvgIpc) is 2.40. The van der Waals surface area contributed by atoms with Crippen molar-refractivity contribution in [2.75, 3.05) is 5.32 Å². The summed E-state index contributed by atoms with van der Waals surface area (Å²) < 4.78 is 0. The first-order valence-electron chi connectivity index (χ1n) is 7.83. The molecule has 0 heterocycles. The number of hydrogen-bond acceptors (Lipinski definition) is 2. The molecule has 2 rings (SSSR count). The molecule has 21 heavy (non-hydrogen) atoms. The summed E-state index contributed by atoms with van der Waals surface area (Å²) in [7, 11) is 0. The van der Waals surface area contributed by atoms with Crippen LogP contribution < -0.4 is 16.0 Å². The Labute approximate surface area is 127 Å². The summed E-state index contributed by atoms with van der Waals surface area (Å²) in [4.78, 5) is 12.0. The van der Waals surface area contributed by atoms with Gasteiger partial charge in [0.1, 0.15) is 0 Å². The van der Waals surface area contributed by atoms with Crippen molar-refractivity contribution in [2.45, 2.75) is 64.1 Å². The number of benzene rings is 1. The SMILES string of the molecule is CC(C)(C)NC1CCC(NC(=O)Nc2ccccc2)CC1. The Kier molecular flexibility index (Phi) is 5.23. The first-order valence-corrected chi connectivity index (χ1v) is 7.83. The van der Waals surface area contributed by atoms with Gasteiger partial charge in [-0.3, -0.25) is 0 Å². The third-order valence-electron chi connectivity index (χ3n) is 3.73. The van der Waals surface area contributed by atoms with Crippen molar-refractivity contribution < 1.29 is 4.79 Å². The molecule has 0 unspecified atom stereocenters. The van der Waals surface area contributed by atoms with Crippen molar-refractivity contribution in [2.24, 2.45) is 0 Å². The Balaban J connectivity index is 1.72. The lowest BCUT2D eigenvalue weighted by atomic mass is 9.89. The number of carbonyl (C=O) groups is 1. The molecule has 0 radical (unpaired) electrons. The predicted molar refractivity (Wildman–Crippen MR) is 87.5 cm³/mol. The zero-order valence-corrected chi connectivity index (χ0v) is 13.3. The summed E-state index contributed by atoms with van der Waals surface area (Å²) in [5.74, 6) is 0. The van der Waals surface area contributed by atoms with Crippen LogP contribution in [0.1, 0.15) is 46.5 Å². The highest BCUT2D eigenvalue weighted by molar-refractivity contribution is 5.89. The number of anilines is 1. The van der Waals surface area contributed by atoms with E-state index >= 15 is 0 Å². The van der Waals surface area contributed by atoms with Crippen LogP contribution in [0.4, 0.5) is 10.5 Å². The van der Waals surface area contributed by atoms with Crippen LogP contribution in [0.15, 0.2) is 30.3 Å². The van der Waals surface area contributed by atoms with Gasteiger partial charge in [0.25, 0.3) is 0 Å². The summed E-state index contributed by atoms with van der Waals surface area (Å²) in [6.07, 6.45) is 4.31. The van der Waals surface area contributed by atoms with Crippen molar-refractivity contribution in [3.05, 3.63) is 30.3 Å². The minimum atomic E-state index is -0.103. The van der Waals surface area contributed by atoms with E-state index < -0.39 is 0 Å². The van der Waals surface area contributed by atoms with E-state index in [4.69, 9.17) is 0 Å². The fourth-order valence-electron chi connectivity index (χ4n) is 2.87. The summed E-state index contributed by atoms with van der Waals surface area (Å²) in [6, 6.07) is 10.3. The van der Waals surface area contributed by atoms with E-state index in [0.717, 1.165) is 31.4 Å². The summed E-state index contributed by atoms with van der Waals surface area (Å²) in [5.41, 5.74) is 0.994. The number of hydrogen-bond donors (Lipinski definition) is 3. The van der Waals surface area contributed by atoms with Gasteiger partial charge in [-0.25, -0.2) is 4.79 Å². The summed E-state index contributed by atoms with van der Waals surface area (Å²) in [6.45, 7) is 6.60. The number of urea groups is 1. The molecule has 1 aromatic rings. The molecule has 2 amide bonds. The van der Waals surface area contributed by atoms with Crippen molar-refractivity contribution >= 4 is 11.7 Å². The van der Waals surface area contributed by atoms with Gasteiger partial charge in [-0.15, -0.1) is 0 Å².